The minimum absolute atomic E-state index is 0.279. The Kier molecular flexibility index (Phi) is 7.37. The van der Waals surface area contributed by atoms with Gasteiger partial charge in [-0.1, -0.05) is 24.3 Å². The van der Waals surface area contributed by atoms with Crippen LogP contribution in [0.4, 0.5) is 0 Å². The second kappa shape index (κ2) is 9.96. The smallest absolute Gasteiger partial charge is 0.344 e. The number of esters is 1. The van der Waals surface area contributed by atoms with Gasteiger partial charge in [0.25, 0.3) is 5.91 Å². The molecule has 0 fully saturated rings. The average Bonchev–Trinajstić information content (AvgIpc) is 2.70. The zero-order chi connectivity index (χ0) is 19.6. The predicted molar refractivity (Wildman–Crippen MR) is 97.7 cm³/mol. The number of aldehydes is 1. The van der Waals surface area contributed by atoms with Gasteiger partial charge in [-0.15, -0.1) is 0 Å². The van der Waals surface area contributed by atoms with Crippen molar-refractivity contribution in [2.45, 2.75) is 19.6 Å². The highest BCUT2D eigenvalue weighted by Gasteiger charge is 2.18. The number of rotatable bonds is 9. The van der Waals surface area contributed by atoms with E-state index < -0.39 is 24.6 Å². The molecule has 0 bridgehead atoms. The maximum atomic E-state index is 12.0. The highest BCUT2D eigenvalue weighted by Crippen LogP contribution is 2.15. The van der Waals surface area contributed by atoms with Crippen molar-refractivity contribution in [2.75, 3.05) is 13.7 Å². The number of para-hydroxylation sites is 1. The molecule has 0 radical (unpaired) electrons. The van der Waals surface area contributed by atoms with Crippen molar-refractivity contribution >= 4 is 18.2 Å². The molecule has 2 aromatic rings. The normalized spacial score (nSPS) is 11.2. The zero-order valence-electron chi connectivity index (χ0n) is 15.1. The number of carbonyl (C=O) groups is 3. The summed E-state index contributed by atoms with van der Waals surface area (Å²) in [6, 6.07) is 13.7. The highest BCUT2D eigenvalue weighted by atomic mass is 16.6. The maximum Gasteiger partial charge on any atom is 0.344 e. The molecule has 0 saturated heterocycles. The van der Waals surface area contributed by atoms with Crippen LogP contribution in [0.25, 0.3) is 0 Å². The molecule has 1 atom stereocenters. The first-order valence-corrected chi connectivity index (χ1v) is 8.30. The number of ether oxygens (including phenoxy) is 3. The third kappa shape index (κ3) is 6.14. The molecule has 0 heterocycles. The minimum Gasteiger partial charge on any atom is -0.497 e. The van der Waals surface area contributed by atoms with Crippen LogP contribution in [0.1, 0.15) is 22.8 Å². The summed E-state index contributed by atoms with van der Waals surface area (Å²) in [6.07, 6.45) is -0.337. The molecular formula is C20H21NO6. The van der Waals surface area contributed by atoms with Gasteiger partial charge in [0.05, 0.1) is 12.7 Å². The van der Waals surface area contributed by atoms with E-state index in [1.165, 1.54) is 6.92 Å². The van der Waals surface area contributed by atoms with Crippen molar-refractivity contribution < 1.29 is 28.6 Å². The van der Waals surface area contributed by atoms with Crippen LogP contribution in [0.15, 0.2) is 48.5 Å². The van der Waals surface area contributed by atoms with Crippen LogP contribution in [0.5, 0.6) is 11.5 Å². The van der Waals surface area contributed by atoms with Crippen LogP contribution < -0.4 is 14.8 Å². The summed E-state index contributed by atoms with van der Waals surface area (Å²) in [5, 5.41) is 2.69. The number of carbonyl (C=O) groups excluding carboxylic acids is 3. The Morgan fingerprint density at radius 2 is 1.81 bits per heavy atom. The standard InChI is InChI=1S/C20H21NO6/c1-14(20(24)21-11-15-7-9-17(25-2)10-8-15)27-19(23)13-26-18-6-4-3-5-16(18)12-22/h3-10,12,14H,11,13H2,1-2H3,(H,21,24)/t14-/m1/s1. The topological polar surface area (TPSA) is 90.9 Å². The van der Waals surface area contributed by atoms with Gasteiger partial charge < -0.3 is 19.5 Å². The molecule has 7 nitrogen and oxygen atoms in total. The summed E-state index contributed by atoms with van der Waals surface area (Å²) in [7, 11) is 1.58. The van der Waals surface area contributed by atoms with Crippen LogP contribution >= 0.6 is 0 Å². The summed E-state index contributed by atoms with van der Waals surface area (Å²) >= 11 is 0. The summed E-state index contributed by atoms with van der Waals surface area (Å²) in [6.45, 7) is 1.37. The first-order valence-electron chi connectivity index (χ1n) is 8.30. The molecular weight excluding hydrogens is 350 g/mol. The van der Waals surface area contributed by atoms with E-state index in [-0.39, 0.29) is 5.75 Å². The first-order chi connectivity index (χ1) is 13.0. The second-order valence-electron chi connectivity index (χ2n) is 5.64. The third-order valence-corrected chi connectivity index (χ3v) is 3.69. The molecule has 0 aliphatic carbocycles. The number of benzene rings is 2. The van der Waals surface area contributed by atoms with Crippen LogP contribution in [0.3, 0.4) is 0 Å². The van der Waals surface area contributed by atoms with Crippen molar-refractivity contribution in [2.24, 2.45) is 0 Å². The van der Waals surface area contributed by atoms with Gasteiger partial charge >= 0.3 is 5.97 Å². The van der Waals surface area contributed by atoms with Gasteiger partial charge in [-0.25, -0.2) is 4.79 Å². The van der Waals surface area contributed by atoms with Crippen molar-refractivity contribution in [1.82, 2.24) is 5.32 Å². The van der Waals surface area contributed by atoms with Crippen LogP contribution in [-0.4, -0.2) is 38.0 Å². The Labute approximate surface area is 157 Å². The molecule has 1 amide bonds. The van der Waals surface area contributed by atoms with E-state index in [1.807, 2.05) is 12.1 Å². The summed E-state index contributed by atoms with van der Waals surface area (Å²) in [4.78, 5) is 34.8. The molecule has 27 heavy (non-hydrogen) atoms. The van der Waals surface area contributed by atoms with Crippen LogP contribution in [0.2, 0.25) is 0 Å². The minimum atomic E-state index is -0.972. The molecule has 0 saturated carbocycles. The van der Waals surface area contributed by atoms with E-state index in [2.05, 4.69) is 5.32 Å². The molecule has 1 N–H and O–H groups in total. The predicted octanol–water partition coefficient (Wildman–Crippen LogP) is 2.13. The Bertz CT molecular complexity index is 787. The monoisotopic (exact) mass is 371 g/mol. The van der Waals surface area contributed by atoms with Crippen LogP contribution in [0, 0.1) is 0 Å². The van der Waals surface area contributed by atoms with Gasteiger partial charge in [-0.2, -0.15) is 0 Å². The van der Waals surface area contributed by atoms with Gasteiger partial charge in [-0.3, -0.25) is 9.59 Å². The van der Waals surface area contributed by atoms with Crippen molar-refractivity contribution in [1.29, 1.82) is 0 Å². The quantitative estimate of drug-likeness (QED) is 0.536. The number of methoxy groups -OCH3 is 1. The largest absolute Gasteiger partial charge is 0.497 e. The lowest BCUT2D eigenvalue weighted by molar-refractivity contribution is -0.156. The van der Waals surface area contributed by atoms with E-state index in [1.54, 1.807) is 43.5 Å². The SMILES string of the molecule is COc1ccc(CNC(=O)[C@@H](C)OC(=O)COc2ccccc2C=O)cc1. The Morgan fingerprint density at radius 3 is 2.48 bits per heavy atom. The van der Waals surface area contributed by atoms with Crippen LogP contribution in [-0.2, 0) is 20.9 Å². The molecule has 0 spiro atoms. The molecule has 7 heteroatoms. The molecule has 2 aromatic carbocycles. The summed E-state index contributed by atoms with van der Waals surface area (Å²) in [5.41, 5.74) is 1.21. The number of hydrogen-bond donors (Lipinski definition) is 1. The van der Waals surface area contributed by atoms with Gasteiger partial charge in [0.1, 0.15) is 11.5 Å². The number of amides is 1. The average molecular weight is 371 g/mol. The van der Waals surface area contributed by atoms with Crippen molar-refractivity contribution in [3.8, 4) is 11.5 Å². The second-order valence-corrected chi connectivity index (χ2v) is 5.64. The molecule has 0 unspecified atom stereocenters. The Morgan fingerprint density at radius 1 is 1.11 bits per heavy atom. The zero-order valence-corrected chi connectivity index (χ0v) is 15.1. The number of hydrogen-bond acceptors (Lipinski definition) is 6. The van der Waals surface area contributed by atoms with E-state index in [0.717, 1.165) is 11.3 Å². The highest BCUT2D eigenvalue weighted by molar-refractivity contribution is 5.84. The fourth-order valence-corrected chi connectivity index (χ4v) is 2.21. The molecule has 0 aliphatic rings. The summed E-state index contributed by atoms with van der Waals surface area (Å²) in [5.74, 6) is -0.125. The van der Waals surface area contributed by atoms with Crippen molar-refractivity contribution in [3.63, 3.8) is 0 Å². The first kappa shape index (κ1) is 20.0. The van der Waals surface area contributed by atoms with E-state index in [9.17, 15) is 14.4 Å². The van der Waals surface area contributed by atoms with Gasteiger partial charge in [-0.05, 0) is 36.8 Å². The Balaban J connectivity index is 1.77. The third-order valence-electron chi connectivity index (χ3n) is 3.69. The van der Waals surface area contributed by atoms with Gasteiger partial charge in [0.2, 0.25) is 0 Å². The molecule has 0 aromatic heterocycles. The Hall–Kier alpha value is -3.35. The lowest BCUT2D eigenvalue weighted by atomic mass is 10.2. The lowest BCUT2D eigenvalue weighted by Gasteiger charge is -2.14. The van der Waals surface area contributed by atoms with Crippen molar-refractivity contribution in [3.05, 3.63) is 59.7 Å². The number of nitrogens with one attached hydrogen (secondary N) is 1. The van der Waals surface area contributed by atoms with Gasteiger partial charge in [0.15, 0.2) is 19.0 Å². The molecule has 0 aliphatic heterocycles. The summed E-state index contributed by atoms with van der Waals surface area (Å²) < 4.78 is 15.4. The van der Waals surface area contributed by atoms with E-state index in [4.69, 9.17) is 14.2 Å². The van der Waals surface area contributed by atoms with E-state index >= 15 is 0 Å². The molecule has 142 valence electrons. The van der Waals surface area contributed by atoms with E-state index in [0.29, 0.717) is 18.4 Å². The fraction of sp³-hybridized carbons (Fsp3) is 0.250. The van der Waals surface area contributed by atoms with Gasteiger partial charge in [0, 0.05) is 6.54 Å². The fourth-order valence-electron chi connectivity index (χ4n) is 2.21. The molecule has 2 rings (SSSR count). The lowest BCUT2D eigenvalue weighted by Crippen LogP contribution is -2.36. The maximum absolute atomic E-state index is 12.0.